The minimum absolute atomic E-state index is 0.0886. The predicted octanol–water partition coefficient (Wildman–Crippen LogP) is -0.278. The van der Waals surface area contributed by atoms with Gasteiger partial charge in [-0.1, -0.05) is 0 Å². The number of aliphatic imine (C=N–C) groups is 1. The van der Waals surface area contributed by atoms with Gasteiger partial charge in [0.15, 0.2) is 5.90 Å². The van der Waals surface area contributed by atoms with Crippen molar-refractivity contribution in [1.82, 2.24) is 0 Å². The van der Waals surface area contributed by atoms with Crippen molar-refractivity contribution in [1.29, 1.82) is 0 Å². The van der Waals surface area contributed by atoms with Gasteiger partial charge in [-0.05, 0) is 0 Å². The number of fused-ring (bicyclic) bond motifs is 1. The van der Waals surface area contributed by atoms with Crippen molar-refractivity contribution in [3.8, 4) is 0 Å². The highest BCUT2D eigenvalue weighted by Crippen LogP contribution is 2.34. The Balaban J connectivity index is 2.16. The molecule has 5 atom stereocenters. The molecule has 0 radical (unpaired) electrons. The first-order chi connectivity index (χ1) is 9.06. The number of carbonyl (C=O) groups excluding carboxylic acids is 3. The molecule has 1 saturated heterocycles. The van der Waals surface area contributed by atoms with E-state index in [0.717, 1.165) is 0 Å². The van der Waals surface area contributed by atoms with Crippen molar-refractivity contribution in [2.75, 3.05) is 6.61 Å². The second-order valence-electron chi connectivity index (χ2n) is 4.53. The van der Waals surface area contributed by atoms with Gasteiger partial charge in [0.1, 0.15) is 31.3 Å². The van der Waals surface area contributed by atoms with Gasteiger partial charge >= 0.3 is 5.97 Å². The largest absolute Gasteiger partial charge is 0.463 e. The highest BCUT2D eigenvalue weighted by atomic mass is 16.7. The van der Waals surface area contributed by atoms with Crippen LogP contribution in [0.3, 0.4) is 0 Å². The summed E-state index contributed by atoms with van der Waals surface area (Å²) in [6.45, 7) is 2.83. The maximum Gasteiger partial charge on any atom is 0.302 e. The van der Waals surface area contributed by atoms with Crippen LogP contribution >= 0.6 is 0 Å². The Bertz CT molecular complexity index is 420. The third-order valence-electron chi connectivity index (χ3n) is 3.24. The molecule has 1 fully saturated rings. The first-order valence-electron chi connectivity index (χ1n) is 5.97. The van der Waals surface area contributed by atoms with Crippen LogP contribution in [0.1, 0.15) is 13.8 Å². The summed E-state index contributed by atoms with van der Waals surface area (Å²) in [5.41, 5.74) is 0. The van der Waals surface area contributed by atoms with Crippen molar-refractivity contribution in [2.24, 2.45) is 16.8 Å². The number of carbonyl (C=O) groups is 3. The first kappa shape index (κ1) is 13.7. The van der Waals surface area contributed by atoms with E-state index in [1.54, 1.807) is 6.92 Å². The fraction of sp³-hybridized carbons (Fsp3) is 0.667. The molecule has 0 aliphatic carbocycles. The van der Waals surface area contributed by atoms with Gasteiger partial charge in [0.25, 0.3) is 0 Å². The highest BCUT2D eigenvalue weighted by Gasteiger charge is 2.49. The zero-order chi connectivity index (χ0) is 14.0. The molecule has 2 aliphatic rings. The van der Waals surface area contributed by atoms with Crippen LogP contribution in [0.4, 0.5) is 0 Å². The molecule has 2 aliphatic heterocycles. The van der Waals surface area contributed by atoms with Gasteiger partial charge in [-0.15, -0.1) is 0 Å². The summed E-state index contributed by atoms with van der Waals surface area (Å²) in [5.74, 6) is -1.39. The van der Waals surface area contributed by atoms with Crippen molar-refractivity contribution < 1.29 is 28.6 Å². The molecule has 2 unspecified atom stereocenters. The minimum Gasteiger partial charge on any atom is -0.463 e. The lowest BCUT2D eigenvalue weighted by molar-refractivity contribution is -0.202. The van der Waals surface area contributed by atoms with Crippen LogP contribution in [-0.2, 0) is 28.6 Å². The van der Waals surface area contributed by atoms with Crippen LogP contribution in [0.2, 0.25) is 0 Å². The smallest absolute Gasteiger partial charge is 0.302 e. The second kappa shape index (κ2) is 5.48. The zero-order valence-corrected chi connectivity index (χ0v) is 10.6. The molecule has 0 amide bonds. The quantitative estimate of drug-likeness (QED) is 0.515. The lowest BCUT2D eigenvalue weighted by Crippen LogP contribution is -2.52. The first-order valence-corrected chi connectivity index (χ1v) is 5.97. The Morgan fingerprint density at radius 2 is 2.05 bits per heavy atom. The molecule has 0 saturated carbocycles. The summed E-state index contributed by atoms with van der Waals surface area (Å²) in [5, 5.41) is 0. The van der Waals surface area contributed by atoms with Gasteiger partial charge in [0.05, 0.1) is 11.8 Å². The maximum atomic E-state index is 11.2. The molecule has 0 aromatic rings. The monoisotopic (exact) mass is 269 g/mol. The maximum absolute atomic E-state index is 11.2. The number of nitrogens with zero attached hydrogens (tertiary/aromatic N) is 1. The summed E-state index contributed by atoms with van der Waals surface area (Å²) in [6.07, 6.45) is -0.0659. The zero-order valence-electron chi connectivity index (χ0n) is 10.6. The SMILES string of the molecule is CC(=O)OCC1O[C@@H]2OC(C)=N[C@H]2C(C=O)[C@H]1C=O. The van der Waals surface area contributed by atoms with Crippen LogP contribution < -0.4 is 0 Å². The van der Waals surface area contributed by atoms with Gasteiger partial charge in [-0.3, -0.25) is 4.79 Å². The molecule has 0 bridgehead atoms. The average molecular weight is 269 g/mol. The van der Waals surface area contributed by atoms with Crippen LogP contribution in [0, 0.1) is 11.8 Å². The van der Waals surface area contributed by atoms with Gasteiger partial charge < -0.3 is 23.8 Å². The molecule has 2 rings (SSSR count). The molecule has 0 aromatic carbocycles. The Morgan fingerprint density at radius 1 is 1.37 bits per heavy atom. The molecule has 104 valence electrons. The van der Waals surface area contributed by atoms with Crippen molar-refractivity contribution in [3.63, 3.8) is 0 Å². The fourth-order valence-electron chi connectivity index (χ4n) is 2.35. The molecule has 2 heterocycles. The Hall–Kier alpha value is -1.76. The van der Waals surface area contributed by atoms with E-state index in [-0.39, 0.29) is 6.61 Å². The Morgan fingerprint density at radius 3 is 2.63 bits per heavy atom. The summed E-state index contributed by atoms with van der Waals surface area (Å²) in [4.78, 5) is 37.4. The lowest BCUT2D eigenvalue weighted by Gasteiger charge is -2.37. The fourth-order valence-corrected chi connectivity index (χ4v) is 2.35. The number of hydrogen-bond donors (Lipinski definition) is 0. The van der Waals surface area contributed by atoms with Gasteiger partial charge in [-0.25, -0.2) is 4.99 Å². The van der Waals surface area contributed by atoms with Crippen LogP contribution in [-0.4, -0.2) is 49.5 Å². The normalized spacial score (nSPS) is 36.7. The van der Waals surface area contributed by atoms with Crippen molar-refractivity contribution in [3.05, 3.63) is 0 Å². The van der Waals surface area contributed by atoms with Crippen molar-refractivity contribution in [2.45, 2.75) is 32.3 Å². The Labute approximate surface area is 109 Å². The molecule has 0 N–H and O–H groups in total. The molecular weight excluding hydrogens is 254 g/mol. The number of rotatable bonds is 4. The number of ether oxygens (including phenoxy) is 3. The molecule has 0 aromatic heterocycles. The standard InChI is InChI=1S/C12H15NO6/c1-6-13-11-9(4-15)8(3-14)10(5-17-7(2)16)19-12(11)18-6/h3-4,8-12H,5H2,1-2H3/t8-,9?,10?,11+,12+/m1/s1. The van der Waals surface area contributed by atoms with E-state index in [9.17, 15) is 14.4 Å². The number of hydrogen-bond acceptors (Lipinski definition) is 7. The van der Waals surface area contributed by atoms with E-state index in [4.69, 9.17) is 14.2 Å². The molecule has 7 nitrogen and oxygen atoms in total. The second-order valence-corrected chi connectivity index (χ2v) is 4.53. The van der Waals surface area contributed by atoms with Crippen LogP contribution in [0.25, 0.3) is 0 Å². The average Bonchev–Trinajstić information content (AvgIpc) is 2.73. The van der Waals surface area contributed by atoms with Crippen LogP contribution in [0.15, 0.2) is 4.99 Å². The summed E-state index contributed by atoms with van der Waals surface area (Å²) in [7, 11) is 0. The van der Waals surface area contributed by atoms with Crippen molar-refractivity contribution >= 4 is 24.4 Å². The number of esters is 1. The molecule has 19 heavy (non-hydrogen) atoms. The van der Waals surface area contributed by atoms with Gasteiger partial charge in [0.2, 0.25) is 6.29 Å². The van der Waals surface area contributed by atoms with Gasteiger partial charge in [0, 0.05) is 13.8 Å². The van der Waals surface area contributed by atoms with E-state index in [1.165, 1.54) is 6.92 Å². The number of aldehydes is 2. The predicted molar refractivity (Wildman–Crippen MR) is 62.4 cm³/mol. The third-order valence-corrected chi connectivity index (χ3v) is 3.24. The summed E-state index contributed by atoms with van der Waals surface area (Å²) in [6, 6.07) is -0.513. The van der Waals surface area contributed by atoms with E-state index in [0.29, 0.717) is 18.5 Å². The summed E-state index contributed by atoms with van der Waals surface area (Å²) < 4.78 is 15.8. The molecular formula is C12H15NO6. The lowest BCUT2D eigenvalue weighted by atomic mass is 9.82. The minimum atomic E-state index is -0.702. The molecule has 0 spiro atoms. The summed E-state index contributed by atoms with van der Waals surface area (Å²) >= 11 is 0. The van der Waals surface area contributed by atoms with Gasteiger partial charge in [-0.2, -0.15) is 0 Å². The van der Waals surface area contributed by atoms with E-state index in [2.05, 4.69) is 4.99 Å². The highest BCUT2D eigenvalue weighted by molar-refractivity contribution is 5.77. The topological polar surface area (TPSA) is 91.3 Å². The molecule has 7 heteroatoms. The van der Waals surface area contributed by atoms with E-state index < -0.39 is 36.2 Å². The van der Waals surface area contributed by atoms with E-state index in [1.807, 2.05) is 0 Å². The van der Waals surface area contributed by atoms with E-state index >= 15 is 0 Å². The van der Waals surface area contributed by atoms with Crippen LogP contribution in [0.5, 0.6) is 0 Å². The third kappa shape index (κ3) is 2.65. The Kier molecular flexibility index (Phi) is 3.94.